The fraction of sp³-hybridized carbons (Fsp3) is 0.400. The van der Waals surface area contributed by atoms with Gasteiger partial charge in [0, 0.05) is 53.7 Å². The Kier molecular flexibility index (Phi) is 10.2. The highest BCUT2D eigenvalue weighted by molar-refractivity contribution is 6.30. The third-order valence-corrected chi connectivity index (χ3v) is 6.96. The van der Waals surface area contributed by atoms with Gasteiger partial charge in [-0.1, -0.05) is 44.5 Å². The number of imidazole rings is 1. The third kappa shape index (κ3) is 8.24. The van der Waals surface area contributed by atoms with Crippen molar-refractivity contribution in [2.75, 3.05) is 33.7 Å². The van der Waals surface area contributed by atoms with Gasteiger partial charge in [0.2, 0.25) is 0 Å². The number of hydrogen-bond donors (Lipinski definition) is 0. The minimum Gasteiger partial charge on any atom is -0.303 e. The van der Waals surface area contributed by atoms with Gasteiger partial charge in [0.05, 0.1) is 11.9 Å². The number of hydrogen-bond acceptors (Lipinski definition) is 8. The Morgan fingerprint density at radius 1 is 0.975 bits per heavy atom. The zero-order valence-corrected chi connectivity index (χ0v) is 25.1. The van der Waals surface area contributed by atoms with Crippen LogP contribution in [-0.4, -0.2) is 86.2 Å². The van der Waals surface area contributed by atoms with Crippen molar-refractivity contribution in [3.63, 3.8) is 0 Å². The summed E-state index contributed by atoms with van der Waals surface area (Å²) in [5, 5.41) is 5.26. The molecule has 1 saturated heterocycles. The van der Waals surface area contributed by atoms with Gasteiger partial charge < -0.3 is 4.90 Å². The first-order chi connectivity index (χ1) is 18.8. The number of halogens is 1. The highest BCUT2D eigenvalue weighted by Gasteiger charge is 2.28. The molecule has 212 valence electrons. The second-order valence-electron chi connectivity index (χ2n) is 11.4. The van der Waals surface area contributed by atoms with Gasteiger partial charge >= 0.3 is 0 Å². The van der Waals surface area contributed by atoms with Crippen molar-refractivity contribution < 1.29 is 9.59 Å². The Hall–Kier alpha value is -3.53. The van der Waals surface area contributed by atoms with Crippen molar-refractivity contribution in [2.24, 2.45) is 0 Å². The van der Waals surface area contributed by atoms with Crippen LogP contribution in [0.15, 0.2) is 55.0 Å². The summed E-state index contributed by atoms with van der Waals surface area (Å²) in [6.45, 7) is 14.5. The molecule has 0 amide bonds. The number of aldehydes is 2. The van der Waals surface area contributed by atoms with Crippen molar-refractivity contribution in [3.8, 4) is 11.3 Å². The molecule has 0 atom stereocenters. The molecule has 4 heterocycles. The van der Waals surface area contributed by atoms with Crippen molar-refractivity contribution >= 4 is 29.8 Å². The molecule has 0 saturated carbocycles. The summed E-state index contributed by atoms with van der Waals surface area (Å²) >= 11 is 5.95. The number of aromatic nitrogens is 5. The molecule has 0 radical (unpaired) electrons. The van der Waals surface area contributed by atoms with Gasteiger partial charge in [-0.15, -0.1) is 0 Å². The SMILES string of the molecule is CC(C)(C)c1cc(-c2ccc(Cl)cc2)nn2cc(C=O)nc12.CN1CCN(C)C(C)(C)C1.O=Cc1ncccn1. The van der Waals surface area contributed by atoms with Crippen LogP contribution in [-0.2, 0) is 5.41 Å². The van der Waals surface area contributed by atoms with Crippen molar-refractivity contribution in [3.05, 3.63) is 77.1 Å². The number of fused-ring (bicyclic) bond motifs is 1. The molecular weight excluding hydrogens is 526 g/mol. The summed E-state index contributed by atoms with van der Waals surface area (Å²) in [4.78, 5) is 37.3. The van der Waals surface area contributed by atoms with Gasteiger partial charge in [-0.05, 0) is 57.6 Å². The zero-order valence-electron chi connectivity index (χ0n) is 24.3. The van der Waals surface area contributed by atoms with Gasteiger partial charge in [-0.3, -0.25) is 14.5 Å². The molecule has 10 heteroatoms. The molecule has 1 fully saturated rings. The maximum absolute atomic E-state index is 11.0. The summed E-state index contributed by atoms with van der Waals surface area (Å²) in [6.07, 6.45) is 6.05. The van der Waals surface area contributed by atoms with E-state index in [0.717, 1.165) is 23.1 Å². The van der Waals surface area contributed by atoms with Crippen LogP contribution < -0.4 is 0 Å². The average Bonchev–Trinajstić information content (AvgIpc) is 3.34. The molecule has 1 aliphatic heterocycles. The van der Waals surface area contributed by atoms with E-state index in [4.69, 9.17) is 11.6 Å². The van der Waals surface area contributed by atoms with Gasteiger partial charge in [0.15, 0.2) is 24.0 Å². The van der Waals surface area contributed by atoms with Gasteiger partial charge in [-0.25, -0.2) is 19.5 Å². The molecular formula is C30H38ClN7O2. The number of benzene rings is 1. The summed E-state index contributed by atoms with van der Waals surface area (Å²) in [5.41, 5.74) is 4.19. The number of rotatable bonds is 3. The number of carbonyl (C=O) groups excluding carboxylic acids is 2. The van der Waals surface area contributed by atoms with Crippen LogP contribution in [0, 0.1) is 0 Å². The summed E-state index contributed by atoms with van der Waals surface area (Å²) in [7, 11) is 4.39. The predicted octanol–water partition coefficient (Wildman–Crippen LogP) is 5.09. The van der Waals surface area contributed by atoms with Crippen LogP contribution in [0.2, 0.25) is 5.02 Å². The zero-order chi connectivity index (χ0) is 29.5. The predicted molar refractivity (Wildman–Crippen MR) is 159 cm³/mol. The second-order valence-corrected chi connectivity index (χ2v) is 11.9. The lowest BCUT2D eigenvalue weighted by Gasteiger charge is -2.44. The van der Waals surface area contributed by atoms with Gasteiger partial charge in [0.25, 0.3) is 0 Å². The molecule has 0 unspecified atom stereocenters. The summed E-state index contributed by atoms with van der Waals surface area (Å²) < 4.78 is 1.67. The highest BCUT2D eigenvalue weighted by atomic mass is 35.5. The Morgan fingerprint density at radius 2 is 1.62 bits per heavy atom. The molecule has 4 aromatic rings. The van der Waals surface area contributed by atoms with Crippen LogP contribution in [0.3, 0.4) is 0 Å². The fourth-order valence-electron chi connectivity index (χ4n) is 4.22. The smallest absolute Gasteiger partial charge is 0.192 e. The Morgan fingerprint density at radius 3 is 2.12 bits per heavy atom. The molecule has 9 nitrogen and oxygen atoms in total. The van der Waals surface area contributed by atoms with Crippen LogP contribution >= 0.6 is 11.6 Å². The molecule has 3 aromatic heterocycles. The maximum Gasteiger partial charge on any atom is 0.192 e. The van der Waals surface area contributed by atoms with E-state index in [2.05, 4.69) is 78.6 Å². The van der Waals surface area contributed by atoms with E-state index >= 15 is 0 Å². The number of nitrogens with zero attached hydrogens (tertiary/aromatic N) is 7. The first kappa shape index (κ1) is 31.0. The highest BCUT2D eigenvalue weighted by Crippen LogP contribution is 2.30. The van der Waals surface area contributed by atoms with E-state index in [1.807, 2.05) is 30.3 Å². The minimum absolute atomic E-state index is 0.114. The molecule has 0 aliphatic carbocycles. The first-order valence-corrected chi connectivity index (χ1v) is 13.5. The average molecular weight is 564 g/mol. The summed E-state index contributed by atoms with van der Waals surface area (Å²) in [5.74, 6) is 0.229. The second kappa shape index (κ2) is 13.2. The first-order valence-electron chi connectivity index (χ1n) is 13.1. The van der Waals surface area contributed by atoms with Crippen molar-refractivity contribution in [1.82, 2.24) is 34.4 Å². The molecule has 5 rings (SSSR count). The number of likely N-dealkylation sites (N-methyl/N-ethyl adjacent to an activating group) is 2. The van der Waals surface area contributed by atoms with E-state index in [1.54, 1.807) is 16.8 Å². The lowest BCUT2D eigenvalue weighted by molar-refractivity contribution is 0.0541. The topological polar surface area (TPSA) is 96.6 Å². The summed E-state index contributed by atoms with van der Waals surface area (Å²) in [6, 6.07) is 11.2. The van der Waals surface area contributed by atoms with E-state index in [0.29, 0.717) is 28.2 Å². The molecule has 0 spiro atoms. The third-order valence-electron chi connectivity index (χ3n) is 6.71. The molecule has 1 aromatic carbocycles. The lowest BCUT2D eigenvalue weighted by Crippen LogP contribution is -2.56. The van der Waals surface area contributed by atoms with Crippen LogP contribution in [0.1, 0.15) is 61.3 Å². The van der Waals surface area contributed by atoms with E-state index < -0.39 is 0 Å². The van der Waals surface area contributed by atoms with Crippen molar-refractivity contribution in [2.45, 2.75) is 45.6 Å². The van der Waals surface area contributed by atoms with E-state index in [9.17, 15) is 9.59 Å². The van der Waals surface area contributed by atoms with E-state index in [1.165, 1.54) is 32.0 Å². The Labute approximate surface area is 241 Å². The van der Waals surface area contributed by atoms with Gasteiger partial charge in [-0.2, -0.15) is 5.10 Å². The maximum atomic E-state index is 11.0. The fourth-order valence-corrected chi connectivity index (χ4v) is 4.35. The molecule has 0 bridgehead atoms. The lowest BCUT2D eigenvalue weighted by atomic mass is 9.87. The molecule has 1 aliphatic rings. The largest absolute Gasteiger partial charge is 0.303 e. The van der Waals surface area contributed by atoms with Crippen LogP contribution in [0.4, 0.5) is 0 Å². The van der Waals surface area contributed by atoms with Gasteiger partial charge in [0.1, 0.15) is 5.69 Å². The Bertz CT molecular complexity index is 1410. The van der Waals surface area contributed by atoms with Crippen LogP contribution in [0.25, 0.3) is 16.9 Å². The quantitative estimate of drug-likeness (QED) is 0.318. The number of piperazine rings is 1. The number of carbonyl (C=O) groups is 2. The molecule has 0 N–H and O–H groups in total. The van der Waals surface area contributed by atoms with Crippen LogP contribution in [0.5, 0.6) is 0 Å². The van der Waals surface area contributed by atoms with E-state index in [-0.39, 0.29) is 11.2 Å². The molecule has 40 heavy (non-hydrogen) atoms. The minimum atomic E-state index is -0.114. The standard InChI is InChI=1S/C17H16ClN3O.C8H18N2.C5H4N2O/c1-17(2,3)14-8-15(11-4-6-12(18)7-5-11)20-21-9-13(10-22)19-16(14)21;1-8(2)7-9(3)5-6-10(8)4;8-4-5-6-2-1-3-7-5/h4-10H,1-3H3;5-7H2,1-4H3;1-4H. The normalized spacial score (nSPS) is 15.4. The Balaban J connectivity index is 0.000000201. The monoisotopic (exact) mass is 563 g/mol. The van der Waals surface area contributed by atoms with Crippen molar-refractivity contribution in [1.29, 1.82) is 0 Å².